The van der Waals surface area contributed by atoms with Crippen LogP contribution in [0.4, 0.5) is 0 Å². The number of nitrogens with two attached hydrogens (primary N) is 1. The lowest BCUT2D eigenvalue weighted by atomic mass is 9.87. The third-order valence-corrected chi connectivity index (χ3v) is 3.62. The molecule has 0 bridgehead atoms. The van der Waals surface area contributed by atoms with E-state index in [1.807, 2.05) is 0 Å². The van der Waals surface area contributed by atoms with E-state index in [1.165, 1.54) is 43.4 Å². The fourth-order valence-electron chi connectivity index (χ4n) is 2.69. The molecule has 0 aromatic carbocycles. The SMILES string of the molecule is CCCc1oc(C2CCCCC2)cc1CN. The molecule has 0 atom stereocenters. The van der Waals surface area contributed by atoms with Crippen LogP contribution in [-0.4, -0.2) is 0 Å². The van der Waals surface area contributed by atoms with Gasteiger partial charge in [0, 0.05) is 24.4 Å². The summed E-state index contributed by atoms with van der Waals surface area (Å²) in [6.45, 7) is 2.80. The van der Waals surface area contributed by atoms with Crippen molar-refractivity contribution in [2.75, 3.05) is 0 Å². The Balaban J connectivity index is 2.14. The summed E-state index contributed by atoms with van der Waals surface area (Å²) in [6, 6.07) is 2.21. The van der Waals surface area contributed by atoms with Crippen LogP contribution in [0, 0.1) is 0 Å². The molecule has 2 heteroatoms. The van der Waals surface area contributed by atoms with Crippen molar-refractivity contribution in [2.45, 2.75) is 64.3 Å². The van der Waals surface area contributed by atoms with Crippen LogP contribution >= 0.6 is 0 Å². The maximum Gasteiger partial charge on any atom is 0.108 e. The first-order valence-corrected chi connectivity index (χ1v) is 6.66. The van der Waals surface area contributed by atoms with Gasteiger partial charge in [0.15, 0.2) is 0 Å². The van der Waals surface area contributed by atoms with Gasteiger partial charge in [-0.15, -0.1) is 0 Å². The topological polar surface area (TPSA) is 39.2 Å². The number of rotatable bonds is 4. The second kappa shape index (κ2) is 5.53. The van der Waals surface area contributed by atoms with E-state index in [0.717, 1.165) is 18.6 Å². The highest BCUT2D eigenvalue weighted by atomic mass is 16.3. The van der Waals surface area contributed by atoms with Crippen molar-refractivity contribution in [3.05, 3.63) is 23.2 Å². The lowest BCUT2D eigenvalue weighted by Gasteiger charge is -2.19. The van der Waals surface area contributed by atoms with Crippen molar-refractivity contribution >= 4 is 0 Å². The minimum Gasteiger partial charge on any atom is -0.465 e. The van der Waals surface area contributed by atoms with Crippen LogP contribution < -0.4 is 5.73 Å². The molecule has 0 amide bonds. The predicted octanol–water partition coefficient (Wildman–Crippen LogP) is 3.74. The molecule has 1 aromatic heterocycles. The van der Waals surface area contributed by atoms with Gasteiger partial charge < -0.3 is 10.2 Å². The standard InChI is InChI=1S/C14H23NO/c1-2-6-13-12(10-15)9-14(16-13)11-7-4-3-5-8-11/h9,11H,2-8,10,15H2,1H3. The van der Waals surface area contributed by atoms with E-state index >= 15 is 0 Å². The fourth-order valence-corrected chi connectivity index (χ4v) is 2.69. The minimum absolute atomic E-state index is 0.617. The first kappa shape index (κ1) is 11.7. The summed E-state index contributed by atoms with van der Waals surface area (Å²) >= 11 is 0. The van der Waals surface area contributed by atoms with Gasteiger partial charge in [-0.2, -0.15) is 0 Å². The highest BCUT2D eigenvalue weighted by Crippen LogP contribution is 2.34. The molecule has 0 radical (unpaired) electrons. The van der Waals surface area contributed by atoms with Gasteiger partial charge in [0.2, 0.25) is 0 Å². The Morgan fingerprint density at radius 3 is 2.69 bits per heavy atom. The summed E-state index contributed by atoms with van der Waals surface area (Å²) in [6.07, 6.45) is 8.84. The van der Waals surface area contributed by atoms with Crippen LogP contribution in [0.2, 0.25) is 0 Å². The number of furan rings is 1. The second-order valence-corrected chi connectivity index (χ2v) is 4.89. The molecular weight excluding hydrogens is 198 g/mol. The third-order valence-electron chi connectivity index (χ3n) is 3.62. The third kappa shape index (κ3) is 2.49. The molecular formula is C14H23NO. The largest absolute Gasteiger partial charge is 0.465 e. The number of hydrogen-bond donors (Lipinski definition) is 1. The van der Waals surface area contributed by atoms with Crippen molar-refractivity contribution in [3.63, 3.8) is 0 Å². The zero-order valence-electron chi connectivity index (χ0n) is 10.3. The van der Waals surface area contributed by atoms with Crippen molar-refractivity contribution in [1.82, 2.24) is 0 Å². The average Bonchev–Trinajstić information content (AvgIpc) is 2.74. The van der Waals surface area contributed by atoms with Crippen LogP contribution in [0.3, 0.4) is 0 Å². The molecule has 0 saturated heterocycles. The van der Waals surface area contributed by atoms with Crippen molar-refractivity contribution < 1.29 is 4.42 Å². The highest BCUT2D eigenvalue weighted by molar-refractivity contribution is 5.24. The minimum atomic E-state index is 0.617. The molecule has 1 saturated carbocycles. The molecule has 2 rings (SSSR count). The van der Waals surface area contributed by atoms with Gasteiger partial charge in [0.25, 0.3) is 0 Å². The van der Waals surface area contributed by atoms with Crippen LogP contribution in [0.15, 0.2) is 10.5 Å². The van der Waals surface area contributed by atoms with Crippen molar-refractivity contribution in [2.24, 2.45) is 5.73 Å². The van der Waals surface area contributed by atoms with Crippen LogP contribution in [-0.2, 0) is 13.0 Å². The van der Waals surface area contributed by atoms with Gasteiger partial charge in [0.05, 0.1) is 0 Å². The quantitative estimate of drug-likeness (QED) is 0.841. The Kier molecular flexibility index (Phi) is 4.05. The van der Waals surface area contributed by atoms with Crippen LogP contribution in [0.25, 0.3) is 0 Å². The smallest absolute Gasteiger partial charge is 0.108 e. The fraction of sp³-hybridized carbons (Fsp3) is 0.714. The van der Waals surface area contributed by atoms with E-state index in [-0.39, 0.29) is 0 Å². The lowest BCUT2D eigenvalue weighted by molar-refractivity contribution is 0.361. The molecule has 1 heterocycles. The molecule has 2 N–H and O–H groups in total. The van der Waals surface area contributed by atoms with Crippen molar-refractivity contribution in [1.29, 1.82) is 0 Å². The van der Waals surface area contributed by atoms with Crippen LogP contribution in [0.5, 0.6) is 0 Å². The van der Waals surface area contributed by atoms with E-state index in [0.29, 0.717) is 12.5 Å². The Hall–Kier alpha value is -0.760. The van der Waals surface area contributed by atoms with Gasteiger partial charge in [-0.25, -0.2) is 0 Å². The molecule has 0 aliphatic heterocycles. The van der Waals surface area contributed by atoms with E-state index in [9.17, 15) is 0 Å². The van der Waals surface area contributed by atoms with Gasteiger partial charge >= 0.3 is 0 Å². The zero-order chi connectivity index (χ0) is 11.4. The molecule has 0 spiro atoms. The molecule has 0 unspecified atom stereocenters. The van der Waals surface area contributed by atoms with Gasteiger partial charge in [0.1, 0.15) is 11.5 Å². The maximum absolute atomic E-state index is 6.01. The van der Waals surface area contributed by atoms with Gasteiger partial charge in [-0.3, -0.25) is 0 Å². The molecule has 16 heavy (non-hydrogen) atoms. The van der Waals surface area contributed by atoms with Crippen molar-refractivity contribution in [3.8, 4) is 0 Å². The second-order valence-electron chi connectivity index (χ2n) is 4.89. The molecule has 2 nitrogen and oxygen atoms in total. The van der Waals surface area contributed by atoms with Gasteiger partial charge in [-0.05, 0) is 25.3 Å². The van der Waals surface area contributed by atoms with Crippen LogP contribution in [0.1, 0.15) is 68.5 Å². The summed E-state index contributed by atoms with van der Waals surface area (Å²) < 4.78 is 6.01. The average molecular weight is 221 g/mol. The first-order chi connectivity index (χ1) is 7.85. The summed E-state index contributed by atoms with van der Waals surface area (Å²) in [7, 11) is 0. The normalized spacial score (nSPS) is 17.9. The van der Waals surface area contributed by atoms with E-state index in [2.05, 4.69) is 13.0 Å². The monoisotopic (exact) mass is 221 g/mol. The lowest BCUT2D eigenvalue weighted by Crippen LogP contribution is -2.03. The summed E-state index contributed by atoms with van der Waals surface area (Å²) in [5.41, 5.74) is 6.99. The molecule has 1 fully saturated rings. The van der Waals surface area contributed by atoms with E-state index in [4.69, 9.17) is 10.2 Å². The van der Waals surface area contributed by atoms with E-state index < -0.39 is 0 Å². The first-order valence-electron chi connectivity index (χ1n) is 6.66. The predicted molar refractivity (Wildman–Crippen MR) is 66.4 cm³/mol. The molecule has 1 aliphatic carbocycles. The zero-order valence-corrected chi connectivity index (χ0v) is 10.3. The molecule has 1 aliphatic rings. The van der Waals surface area contributed by atoms with E-state index in [1.54, 1.807) is 0 Å². The Morgan fingerprint density at radius 1 is 1.31 bits per heavy atom. The highest BCUT2D eigenvalue weighted by Gasteiger charge is 2.20. The Bertz CT molecular complexity index is 323. The van der Waals surface area contributed by atoms with Gasteiger partial charge in [-0.1, -0.05) is 26.2 Å². The summed E-state index contributed by atoms with van der Waals surface area (Å²) in [4.78, 5) is 0. The number of hydrogen-bond acceptors (Lipinski definition) is 2. The number of aryl methyl sites for hydroxylation is 1. The summed E-state index contributed by atoms with van der Waals surface area (Å²) in [5, 5.41) is 0. The maximum atomic E-state index is 6.01. The molecule has 1 aromatic rings. The Labute approximate surface area is 98.2 Å². The summed E-state index contributed by atoms with van der Waals surface area (Å²) in [5.74, 6) is 2.99. The Morgan fingerprint density at radius 2 is 2.06 bits per heavy atom. The molecule has 90 valence electrons.